The van der Waals surface area contributed by atoms with Crippen molar-refractivity contribution >= 4 is 0 Å². The largest absolute Gasteiger partial charge is 0.496 e. The second-order valence-corrected chi connectivity index (χ2v) is 3.62. The van der Waals surface area contributed by atoms with Crippen molar-refractivity contribution < 1.29 is 9.26 Å². The highest BCUT2D eigenvalue weighted by atomic mass is 16.5. The van der Waals surface area contributed by atoms with Crippen molar-refractivity contribution in [2.24, 2.45) is 0 Å². The van der Waals surface area contributed by atoms with E-state index in [9.17, 15) is 0 Å². The van der Waals surface area contributed by atoms with E-state index >= 15 is 0 Å². The Morgan fingerprint density at radius 3 is 2.94 bits per heavy atom. The number of nitrogens with zero attached hydrogens (tertiary/aromatic N) is 2. The maximum absolute atomic E-state index is 5.27. The van der Waals surface area contributed by atoms with E-state index in [4.69, 9.17) is 9.26 Å². The second-order valence-electron chi connectivity index (χ2n) is 3.62. The third-order valence-corrected chi connectivity index (χ3v) is 2.38. The minimum atomic E-state index is 0.584. The number of rotatable bonds is 5. The van der Waals surface area contributed by atoms with Crippen LogP contribution in [0.2, 0.25) is 0 Å². The molecule has 1 heterocycles. The molecule has 2 rings (SSSR count). The fraction of sp³-hybridized carbons (Fsp3) is 0.333. The van der Waals surface area contributed by atoms with Gasteiger partial charge in [0.25, 0.3) is 0 Å². The molecule has 0 saturated heterocycles. The topological polar surface area (TPSA) is 60.2 Å². The van der Waals surface area contributed by atoms with Crippen molar-refractivity contribution in [3.8, 4) is 5.75 Å². The summed E-state index contributed by atoms with van der Waals surface area (Å²) in [6.07, 6.45) is 0.584. The van der Waals surface area contributed by atoms with E-state index in [0.29, 0.717) is 24.7 Å². The van der Waals surface area contributed by atoms with Gasteiger partial charge in [-0.2, -0.15) is 4.98 Å². The van der Waals surface area contributed by atoms with Gasteiger partial charge in [0.15, 0.2) is 5.82 Å². The van der Waals surface area contributed by atoms with E-state index in [1.165, 1.54) is 0 Å². The molecular weight excluding hydrogens is 218 g/mol. The van der Waals surface area contributed by atoms with E-state index in [-0.39, 0.29) is 0 Å². The van der Waals surface area contributed by atoms with Gasteiger partial charge in [-0.05, 0) is 13.1 Å². The van der Waals surface area contributed by atoms with Gasteiger partial charge in [0.1, 0.15) is 5.75 Å². The third-order valence-electron chi connectivity index (χ3n) is 2.38. The molecule has 2 aromatic rings. The fourth-order valence-corrected chi connectivity index (χ4v) is 1.60. The number of hydrogen-bond acceptors (Lipinski definition) is 5. The molecule has 0 aliphatic heterocycles. The summed E-state index contributed by atoms with van der Waals surface area (Å²) in [7, 11) is 3.50. The zero-order chi connectivity index (χ0) is 12.1. The molecule has 0 spiro atoms. The summed E-state index contributed by atoms with van der Waals surface area (Å²) in [5.41, 5.74) is 1.04. The lowest BCUT2D eigenvalue weighted by molar-refractivity contribution is 0.373. The van der Waals surface area contributed by atoms with Crippen LogP contribution in [0.15, 0.2) is 28.8 Å². The lowest BCUT2D eigenvalue weighted by Crippen LogP contribution is -2.06. The van der Waals surface area contributed by atoms with Crippen LogP contribution in [0.4, 0.5) is 0 Å². The van der Waals surface area contributed by atoms with Gasteiger partial charge in [0, 0.05) is 5.56 Å². The summed E-state index contributed by atoms with van der Waals surface area (Å²) >= 11 is 0. The maximum atomic E-state index is 5.27. The minimum Gasteiger partial charge on any atom is -0.496 e. The van der Waals surface area contributed by atoms with Crippen LogP contribution in [0.25, 0.3) is 0 Å². The first-order chi connectivity index (χ1) is 8.33. The fourth-order valence-electron chi connectivity index (χ4n) is 1.60. The number of para-hydroxylation sites is 1. The molecule has 1 aromatic heterocycles. The molecule has 0 aliphatic carbocycles. The Labute approximate surface area is 99.8 Å². The van der Waals surface area contributed by atoms with Gasteiger partial charge in [-0.25, -0.2) is 0 Å². The molecule has 17 heavy (non-hydrogen) atoms. The van der Waals surface area contributed by atoms with Gasteiger partial charge in [0.05, 0.1) is 20.1 Å². The van der Waals surface area contributed by atoms with Crippen molar-refractivity contribution in [2.45, 2.75) is 13.0 Å². The van der Waals surface area contributed by atoms with Crippen molar-refractivity contribution in [3.05, 3.63) is 41.5 Å². The van der Waals surface area contributed by atoms with Crippen LogP contribution >= 0.6 is 0 Å². The lowest BCUT2D eigenvalue weighted by Gasteiger charge is -2.04. The van der Waals surface area contributed by atoms with Crippen LogP contribution in [0.5, 0.6) is 5.75 Å². The molecule has 0 unspecified atom stereocenters. The molecular formula is C12H15N3O2. The Morgan fingerprint density at radius 1 is 1.35 bits per heavy atom. The number of ether oxygens (including phenoxy) is 1. The maximum Gasteiger partial charge on any atom is 0.231 e. The normalized spacial score (nSPS) is 10.5. The highest BCUT2D eigenvalue weighted by molar-refractivity contribution is 5.34. The number of benzene rings is 1. The predicted octanol–water partition coefficient (Wildman–Crippen LogP) is 1.39. The zero-order valence-electron chi connectivity index (χ0n) is 9.93. The van der Waals surface area contributed by atoms with Crippen LogP contribution < -0.4 is 10.1 Å². The summed E-state index contributed by atoms with van der Waals surface area (Å²) in [5.74, 6) is 2.10. The third kappa shape index (κ3) is 2.82. The molecule has 1 aromatic carbocycles. The molecule has 0 aliphatic rings. The average molecular weight is 233 g/mol. The van der Waals surface area contributed by atoms with Crippen molar-refractivity contribution in [1.29, 1.82) is 0 Å². The van der Waals surface area contributed by atoms with Gasteiger partial charge < -0.3 is 14.6 Å². The predicted molar refractivity (Wildman–Crippen MR) is 62.9 cm³/mol. The monoisotopic (exact) mass is 233 g/mol. The van der Waals surface area contributed by atoms with E-state index < -0.39 is 0 Å². The van der Waals surface area contributed by atoms with E-state index in [2.05, 4.69) is 15.5 Å². The summed E-state index contributed by atoms with van der Waals surface area (Å²) in [5, 5.41) is 6.84. The summed E-state index contributed by atoms with van der Waals surface area (Å²) in [4.78, 5) is 4.27. The Morgan fingerprint density at radius 2 is 2.18 bits per heavy atom. The molecule has 5 heteroatoms. The molecule has 5 nitrogen and oxygen atoms in total. The van der Waals surface area contributed by atoms with Crippen LogP contribution in [-0.4, -0.2) is 24.3 Å². The van der Waals surface area contributed by atoms with E-state index in [1.807, 2.05) is 31.3 Å². The number of methoxy groups -OCH3 is 1. The molecule has 0 radical (unpaired) electrons. The van der Waals surface area contributed by atoms with Crippen molar-refractivity contribution in [3.63, 3.8) is 0 Å². The Balaban J connectivity index is 2.13. The Kier molecular flexibility index (Phi) is 3.72. The van der Waals surface area contributed by atoms with Gasteiger partial charge in [-0.1, -0.05) is 23.4 Å². The van der Waals surface area contributed by atoms with Crippen LogP contribution in [0.3, 0.4) is 0 Å². The van der Waals surface area contributed by atoms with Crippen LogP contribution in [-0.2, 0) is 13.0 Å². The average Bonchev–Trinajstić information content (AvgIpc) is 2.78. The first-order valence-electron chi connectivity index (χ1n) is 5.41. The zero-order valence-corrected chi connectivity index (χ0v) is 9.93. The van der Waals surface area contributed by atoms with Crippen LogP contribution in [0.1, 0.15) is 17.3 Å². The highest BCUT2D eigenvalue weighted by Gasteiger charge is 2.09. The Hall–Kier alpha value is -1.88. The van der Waals surface area contributed by atoms with Crippen molar-refractivity contribution in [1.82, 2.24) is 15.5 Å². The highest BCUT2D eigenvalue weighted by Crippen LogP contribution is 2.20. The molecule has 0 amide bonds. The molecule has 1 N–H and O–H groups in total. The first kappa shape index (κ1) is 11.6. The van der Waals surface area contributed by atoms with Crippen molar-refractivity contribution in [2.75, 3.05) is 14.2 Å². The molecule has 0 fully saturated rings. The van der Waals surface area contributed by atoms with E-state index in [0.717, 1.165) is 11.3 Å². The number of hydrogen-bond donors (Lipinski definition) is 1. The summed E-state index contributed by atoms with van der Waals surface area (Å²) in [6.45, 7) is 0.607. The SMILES string of the molecule is CNCc1noc(Cc2ccccc2OC)n1. The quantitative estimate of drug-likeness (QED) is 0.845. The smallest absolute Gasteiger partial charge is 0.231 e. The summed E-state index contributed by atoms with van der Waals surface area (Å²) in [6, 6.07) is 7.80. The van der Waals surface area contributed by atoms with E-state index in [1.54, 1.807) is 7.11 Å². The minimum absolute atomic E-state index is 0.584. The van der Waals surface area contributed by atoms with Gasteiger partial charge in [-0.15, -0.1) is 0 Å². The standard InChI is InChI=1S/C12H15N3O2/c1-13-8-11-14-12(17-15-11)7-9-5-3-4-6-10(9)16-2/h3-6,13H,7-8H2,1-2H3. The first-order valence-corrected chi connectivity index (χ1v) is 5.41. The summed E-state index contributed by atoms with van der Waals surface area (Å²) < 4.78 is 10.4. The lowest BCUT2D eigenvalue weighted by atomic mass is 10.1. The molecule has 0 bridgehead atoms. The molecule has 0 atom stereocenters. The van der Waals surface area contributed by atoms with Crippen LogP contribution in [0, 0.1) is 0 Å². The Bertz CT molecular complexity index is 482. The molecule has 90 valence electrons. The number of nitrogens with one attached hydrogen (secondary N) is 1. The second kappa shape index (κ2) is 5.45. The van der Waals surface area contributed by atoms with Gasteiger partial charge in [0.2, 0.25) is 5.89 Å². The van der Waals surface area contributed by atoms with Gasteiger partial charge >= 0.3 is 0 Å². The molecule has 0 saturated carbocycles. The number of aromatic nitrogens is 2. The van der Waals surface area contributed by atoms with Gasteiger partial charge in [-0.3, -0.25) is 0 Å².